The van der Waals surface area contributed by atoms with Crippen molar-refractivity contribution in [3.05, 3.63) is 249 Å². The Hall–Kier alpha value is -7.91. The zero-order valence-electron chi connectivity index (χ0n) is 34.9. The fourth-order valence-corrected chi connectivity index (χ4v) is 20.2. The van der Waals surface area contributed by atoms with E-state index in [0.717, 1.165) is 55.6 Å². The highest BCUT2D eigenvalue weighted by atomic mass is 28.3. The quantitative estimate of drug-likeness (QED) is 0.115. The van der Waals surface area contributed by atoms with E-state index in [1.807, 2.05) is 12.3 Å². The first kappa shape index (κ1) is 37.8. The summed E-state index contributed by atoms with van der Waals surface area (Å²) in [5, 5.41) is 12.3. The molecular weight excluding hydrogens is 811 g/mol. The van der Waals surface area contributed by atoms with Crippen molar-refractivity contribution in [2.75, 3.05) is 0 Å². The van der Waals surface area contributed by atoms with Gasteiger partial charge in [0, 0.05) is 34.2 Å². The minimum Gasteiger partial charge on any atom is -0.457 e. The molecule has 0 N–H and O–H groups in total. The summed E-state index contributed by atoms with van der Waals surface area (Å²) in [5.41, 5.74) is 5.05. The van der Waals surface area contributed by atoms with Crippen LogP contribution in [0.25, 0.3) is 38.9 Å². The van der Waals surface area contributed by atoms with Gasteiger partial charge in [0.05, 0.1) is 16.6 Å². The van der Waals surface area contributed by atoms with E-state index in [-0.39, 0.29) is 0 Å². The molecule has 1 aliphatic rings. The number of hydrogen-bond acceptors (Lipinski definition) is 3. The van der Waals surface area contributed by atoms with Gasteiger partial charge < -0.3 is 4.74 Å². The largest absolute Gasteiger partial charge is 0.457 e. The van der Waals surface area contributed by atoms with Gasteiger partial charge in [0.2, 0.25) is 0 Å². The standard InChI is InChI=1S/C58H41N3OSi2/c1-5-23-44(24-6-1)63(45-25-7-2-8-26-45,48-31-19-21-42(39-48)51-34-17-18-38-59-51)49-32-20-22-43(40-49)61-52-35-14-13-33-50(52)56-57-55(41-60-58(56)61)64(46-27-9-3-10-28-46,47-29-11-4-12-30-47)54-37-16-15-36-53(54)62-57/h1-41H. The monoisotopic (exact) mass is 851 g/mol. The summed E-state index contributed by atoms with van der Waals surface area (Å²) in [6.07, 6.45) is 4.01. The lowest BCUT2D eigenvalue weighted by Crippen LogP contribution is -2.76. The highest BCUT2D eigenvalue weighted by molar-refractivity contribution is 7.21. The first-order chi connectivity index (χ1) is 31.8. The molecule has 0 aliphatic carbocycles. The molecule has 0 fully saturated rings. The highest BCUT2D eigenvalue weighted by Crippen LogP contribution is 2.40. The summed E-state index contributed by atoms with van der Waals surface area (Å²) in [7, 11) is -5.90. The molecule has 4 heterocycles. The van der Waals surface area contributed by atoms with Crippen molar-refractivity contribution < 1.29 is 4.74 Å². The molecule has 6 heteroatoms. The number of aromatic nitrogens is 3. The number of pyridine rings is 2. The molecule has 1 aliphatic heterocycles. The van der Waals surface area contributed by atoms with Crippen LogP contribution in [0.1, 0.15) is 0 Å². The van der Waals surface area contributed by atoms with Crippen LogP contribution in [0.15, 0.2) is 249 Å². The lowest BCUT2D eigenvalue weighted by atomic mass is 10.1. The van der Waals surface area contributed by atoms with E-state index in [1.165, 1.54) is 36.3 Å². The van der Waals surface area contributed by atoms with Gasteiger partial charge in [-0.3, -0.25) is 9.55 Å². The SMILES string of the molecule is c1ccc([Si](c2ccccc2)(c2cccc(-c3ccccn3)c2)c2cccc(-n3c4ccccc4c4c5c(cnc43)[Si](c3ccccc3)(c3ccccc3)c3ccccc3O5)c2)cc1. The first-order valence-electron chi connectivity index (χ1n) is 21.8. The minimum absolute atomic E-state index is 0.865. The first-order valence-corrected chi connectivity index (χ1v) is 25.8. The number of fused-ring (bicyclic) bond motifs is 6. The predicted octanol–water partition coefficient (Wildman–Crippen LogP) is 8.10. The molecule has 0 spiro atoms. The molecule has 302 valence electrons. The fourth-order valence-electron chi connectivity index (χ4n) is 10.5. The van der Waals surface area contributed by atoms with Gasteiger partial charge in [0.15, 0.2) is 16.1 Å². The van der Waals surface area contributed by atoms with E-state index < -0.39 is 16.1 Å². The Labute approximate surface area is 374 Å². The molecule has 0 amide bonds. The van der Waals surface area contributed by atoms with Crippen LogP contribution in [0.5, 0.6) is 11.5 Å². The fraction of sp³-hybridized carbons (Fsp3) is 0. The molecule has 0 saturated heterocycles. The second-order valence-electron chi connectivity index (χ2n) is 16.5. The molecule has 0 radical (unpaired) electrons. The zero-order valence-corrected chi connectivity index (χ0v) is 36.9. The topological polar surface area (TPSA) is 39.9 Å². The highest BCUT2D eigenvalue weighted by Gasteiger charge is 2.49. The van der Waals surface area contributed by atoms with E-state index in [2.05, 4.69) is 241 Å². The number of ether oxygens (including phenoxy) is 1. The Bertz CT molecular complexity index is 3390. The lowest BCUT2D eigenvalue weighted by molar-refractivity contribution is 0.492. The lowest BCUT2D eigenvalue weighted by Gasteiger charge is -2.39. The van der Waals surface area contributed by atoms with Crippen molar-refractivity contribution in [3.63, 3.8) is 0 Å². The number of rotatable bonds is 8. The Morgan fingerprint density at radius 1 is 0.453 bits per heavy atom. The summed E-state index contributed by atoms with van der Waals surface area (Å²) in [4.78, 5) is 10.3. The molecule has 4 nitrogen and oxygen atoms in total. The molecule has 11 aromatic rings. The van der Waals surface area contributed by atoms with Gasteiger partial charge >= 0.3 is 0 Å². The number of nitrogens with zero attached hydrogens (tertiary/aromatic N) is 3. The number of hydrogen-bond donors (Lipinski definition) is 0. The molecular formula is C58H41N3OSi2. The van der Waals surface area contributed by atoms with Crippen molar-refractivity contribution in [3.8, 4) is 28.4 Å². The zero-order chi connectivity index (χ0) is 42.5. The van der Waals surface area contributed by atoms with Crippen molar-refractivity contribution in [1.29, 1.82) is 0 Å². The van der Waals surface area contributed by atoms with Crippen molar-refractivity contribution in [2.24, 2.45) is 0 Å². The van der Waals surface area contributed by atoms with Crippen molar-refractivity contribution in [1.82, 2.24) is 14.5 Å². The van der Waals surface area contributed by atoms with Gasteiger partial charge in [-0.1, -0.05) is 200 Å². The maximum Gasteiger partial charge on any atom is 0.190 e. The molecule has 64 heavy (non-hydrogen) atoms. The summed E-state index contributed by atoms with van der Waals surface area (Å²) in [6.45, 7) is 0. The van der Waals surface area contributed by atoms with E-state index in [0.29, 0.717) is 0 Å². The van der Waals surface area contributed by atoms with Crippen LogP contribution >= 0.6 is 0 Å². The summed E-state index contributed by atoms with van der Waals surface area (Å²) < 4.78 is 9.58. The summed E-state index contributed by atoms with van der Waals surface area (Å²) >= 11 is 0. The second-order valence-corrected chi connectivity index (χ2v) is 24.0. The average molecular weight is 852 g/mol. The Kier molecular flexibility index (Phi) is 9.14. The van der Waals surface area contributed by atoms with Gasteiger partial charge in [-0.05, 0) is 72.7 Å². The smallest absolute Gasteiger partial charge is 0.190 e. The Morgan fingerprint density at radius 2 is 1.03 bits per heavy atom. The van der Waals surface area contributed by atoms with Crippen LogP contribution < -0.4 is 46.2 Å². The van der Waals surface area contributed by atoms with Crippen LogP contribution in [0, 0.1) is 0 Å². The maximum absolute atomic E-state index is 7.23. The summed E-state index contributed by atoms with van der Waals surface area (Å²) in [6, 6.07) is 86.1. The van der Waals surface area contributed by atoms with Gasteiger partial charge in [-0.25, -0.2) is 4.98 Å². The van der Waals surface area contributed by atoms with Crippen LogP contribution in [0.2, 0.25) is 0 Å². The molecule has 0 unspecified atom stereocenters. The van der Waals surface area contributed by atoms with Gasteiger partial charge in [-0.2, -0.15) is 0 Å². The summed E-state index contributed by atoms with van der Waals surface area (Å²) in [5.74, 6) is 1.79. The van der Waals surface area contributed by atoms with Crippen LogP contribution in [0.3, 0.4) is 0 Å². The normalized spacial score (nSPS) is 12.9. The number of para-hydroxylation sites is 2. The van der Waals surface area contributed by atoms with Gasteiger partial charge in [0.1, 0.15) is 17.1 Å². The minimum atomic E-state index is -2.98. The van der Waals surface area contributed by atoms with Crippen molar-refractivity contribution >= 4 is 79.6 Å². The third-order valence-corrected chi connectivity index (χ3v) is 22.7. The van der Waals surface area contributed by atoms with E-state index >= 15 is 0 Å². The van der Waals surface area contributed by atoms with Crippen molar-refractivity contribution in [2.45, 2.75) is 0 Å². The van der Waals surface area contributed by atoms with E-state index in [4.69, 9.17) is 14.7 Å². The molecule has 3 aromatic heterocycles. The van der Waals surface area contributed by atoms with Crippen LogP contribution in [0.4, 0.5) is 0 Å². The molecule has 0 saturated carbocycles. The Morgan fingerprint density at radius 3 is 1.72 bits per heavy atom. The maximum atomic E-state index is 7.23. The molecule has 12 rings (SSSR count). The van der Waals surface area contributed by atoms with Gasteiger partial charge in [0.25, 0.3) is 0 Å². The third kappa shape index (κ3) is 5.73. The number of benzene rings is 8. The van der Waals surface area contributed by atoms with Crippen LogP contribution in [-0.2, 0) is 0 Å². The predicted molar refractivity (Wildman–Crippen MR) is 269 cm³/mol. The Balaban J connectivity index is 1.14. The van der Waals surface area contributed by atoms with E-state index in [1.54, 1.807) is 0 Å². The average Bonchev–Trinajstić information content (AvgIpc) is 3.72. The molecule has 8 aromatic carbocycles. The molecule has 0 atom stereocenters. The molecule has 0 bridgehead atoms. The van der Waals surface area contributed by atoms with E-state index in [9.17, 15) is 0 Å². The second kappa shape index (κ2) is 15.5. The van der Waals surface area contributed by atoms with Crippen LogP contribution in [-0.4, -0.2) is 30.7 Å². The third-order valence-electron chi connectivity index (χ3n) is 13.2. The van der Waals surface area contributed by atoms with Gasteiger partial charge in [-0.15, -0.1) is 0 Å².